The van der Waals surface area contributed by atoms with Gasteiger partial charge in [-0.05, 0) is 0 Å². The molecule has 0 aromatic heterocycles. The van der Waals surface area contributed by atoms with E-state index in [1.54, 1.807) is 0 Å². The highest BCUT2D eigenvalue weighted by molar-refractivity contribution is 5.90. The fraction of sp³-hybridized carbons (Fsp3) is 0.846. The van der Waals surface area contributed by atoms with Crippen LogP contribution in [-0.2, 0) is 19.1 Å². The molecule has 0 N–H and O–H groups in total. The lowest BCUT2D eigenvalue weighted by Crippen LogP contribution is -2.66. The van der Waals surface area contributed by atoms with Gasteiger partial charge in [0.2, 0.25) is 0 Å². The zero-order chi connectivity index (χ0) is 18.9. The molecule has 2 saturated heterocycles. The Morgan fingerprint density at radius 2 is 0.920 bits per heavy atom. The van der Waals surface area contributed by atoms with Gasteiger partial charge in [0.15, 0.2) is 0 Å². The quantitative estimate of drug-likeness (QED) is 0.673. The number of carbonyl (C=O) groups is 2. The summed E-state index contributed by atoms with van der Waals surface area (Å²) in [6.45, 7) is -2.48. The number of morpholine rings is 2. The van der Waals surface area contributed by atoms with Crippen molar-refractivity contribution in [3.05, 3.63) is 0 Å². The van der Waals surface area contributed by atoms with Gasteiger partial charge < -0.3 is 19.3 Å². The third-order valence-electron chi connectivity index (χ3n) is 3.92. The molecule has 144 valence electrons. The summed E-state index contributed by atoms with van der Waals surface area (Å²) in [4.78, 5) is 24.0. The maximum atomic E-state index is 13.9. The first-order valence-electron chi connectivity index (χ1n) is 7.41. The highest BCUT2D eigenvalue weighted by atomic mass is 19.3. The second-order valence-electron chi connectivity index (χ2n) is 5.53. The third kappa shape index (κ3) is 3.41. The van der Waals surface area contributed by atoms with Gasteiger partial charge >= 0.3 is 17.8 Å². The largest absolute Gasteiger partial charge is 0.393 e. The van der Waals surface area contributed by atoms with Crippen molar-refractivity contribution < 1.29 is 45.4 Å². The minimum Gasteiger partial charge on any atom is -0.378 e. The van der Waals surface area contributed by atoms with Crippen molar-refractivity contribution in [1.82, 2.24) is 9.80 Å². The molecule has 0 aromatic carbocycles. The lowest BCUT2D eigenvalue weighted by atomic mass is 10.0. The van der Waals surface area contributed by atoms with Crippen LogP contribution in [0.25, 0.3) is 0 Å². The molecule has 6 nitrogen and oxygen atoms in total. The molecular weight excluding hydrogens is 362 g/mol. The van der Waals surface area contributed by atoms with E-state index < -0.39 is 55.8 Å². The SMILES string of the molecule is O=C(N1CCOCC1)C(F)(F)C(F)(F)C(F)(F)C(=O)N1CCOCC1. The summed E-state index contributed by atoms with van der Waals surface area (Å²) in [5, 5.41) is 0. The highest BCUT2D eigenvalue weighted by Crippen LogP contribution is 2.47. The van der Waals surface area contributed by atoms with Crippen molar-refractivity contribution in [3.8, 4) is 0 Å². The van der Waals surface area contributed by atoms with E-state index in [1.807, 2.05) is 0 Å². The smallest absolute Gasteiger partial charge is 0.378 e. The Hall–Kier alpha value is -1.56. The van der Waals surface area contributed by atoms with Crippen LogP contribution < -0.4 is 0 Å². The topological polar surface area (TPSA) is 59.1 Å². The van der Waals surface area contributed by atoms with E-state index >= 15 is 0 Å². The number of carbonyl (C=O) groups excluding carboxylic acids is 2. The Morgan fingerprint density at radius 3 is 1.20 bits per heavy atom. The van der Waals surface area contributed by atoms with E-state index in [4.69, 9.17) is 9.47 Å². The first-order chi connectivity index (χ1) is 11.5. The molecule has 2 fully saturated rings. The van der Waals surface area contributed by atoms with Gasteiger partial charge in [0.1, 0.15) is 0 Å². The van der Waals surface area contributed by atoms with Crippen molar-refractivity contribution in [3.63, 3.8) is 0 Å². The molecule has 2 amide bonds. The van der Waals surface area contributed by atoms with Crippen molar-refractivity contribution in [2.75, 3.05) is 52.6 Å². The first-order valence-corrected chi connectivity index (χ1v) is 7.41. The van der Waals surface area contributed by atoms with Crippen LogP contribution in [0.2, 0.25) is 0 Å². The Kier molecular flexibility index (Phi) is 5.52. The van der Waals surface area contributed by atoms with Crippen LogP contribution in [0.3, 0.4) is 0 Å². The number of rotatable bonds is 4. The number of nitrogens with zero attached hydrogens (tertiary/aromatic N) is 2. The van der Waals surface area contributed by atoms with Gasteiger partial charge in [-0.3, -0.25) is 9.59 Å². The Labute approximate surface area is 138 Å². The fourth-order valence-corrected chi connectivity index (χ4v) is 2.40. The van der Waals surface area contributed by atoms with Crippen LogP contribution in [0.5, 0.6) is 0 Å². The lowest BCUT2D eigenvalue weighted by molar-refractivity contribution is -0.294. The molecule has 25 heavy (non-hydrogen) atoms. The molecule has 2 rings (SSSR count). The summed E-state index contributed by atoms with van der Waals surface area (Å²) < 4.78 is 93.2. The van der Waals surface area contributed by atoms with Crippen LogP contribution in [-0.4, -0.2) is 92.0 Å². The molecule has 2 heterocycles. The molecule has 12 heteroatoms. The summed E-state index contributed by atoms with van der Waals surface area (Å²) in [5.74, 6) is -22.6. The van der Waals surface area contributed by atoms with Crippen LogP contribution in [0.15, 0.2) is 0 Å². The van der Waals surface area contributed by atoms with Crippen LogP contribution >= 0.6 is 0 Å². The second-order valence-corrected chi connectivity index (χ2v) is 5.53. The average Bonchev–Trinajstić information content (AvgIpc) is 2.61. The van der Waals surface area contributed by atoms with E-state index in [0.29, 0.717) is 9.80 Å². The number of hydrogen-bond donors (Lipinski definition) is 0. The maximum absolute atomic E-state index is 13.9. The first kappa shape index (κ1) is 19.8. The Bertz CT molecular complexity index is 475. The number of ether oxygens (including phenoxy) is 2. The summed E-state index contributed by atoms with van der Waals surface area (Å²) in [7, 11) is 0. The summed E-state index contributed by atoms with van der Waals surface area (Å²) in [6, 6.07) is 0. The van der Waals surface area contributed by atoms with E-state index in [-0.39, 0.29) is 26.4 Å². The van der Waals surface area contributed by atoms with Gasteiger partial charge in [-0.25, -0.2) is 0 Å². The Balaban J connectivity index is 2.23. The summed E-state index contributed by atoms with van der Waals surface area (Å²) in [5.41, 5.74) is 0. The predicted octanol–water partition coefficient (Wildman–Crippen LogP) is 0.610. The molecule has 0 radical (unpaired) electrons. The van der Waals surface area contributed by atoms with Crippen molar-refractivity contribution in [2.24, 2.45) is 0 Å². The summed E-state index contributed by atoms with van der Waals surface area (Å²) >= 11 is 0. The summed E-state index contributed by atoms with van der Waals surface area (Å²) in [6.07, 6.45) is 0. The monoisotopic (exact) mass is 378 g/mol. The third-order valence-corrected chi connectivity index (χ3v) is 3.92. The van der Waals surface area contributed by atoms with Gasteiger partial charge in [-0.15, -0.1) is 0 Å². The van der Waals surface area contributed by atoms with Crippen LogP contribution in [0, 0.1) is 0 Å². The minimum absolute atomic E-state index is 0.184. The van der Waals surface area contributed by atoms with Gasteiger partial charge in [0.05, 0.1) is 26.4 Å². The number of halogens is 6. The highest BCUT2D eigenvalue weighted by Gasteiger charge is 2.78. The zero-order valence-electron chi connectivity index (χ0n) is 13.0. The molecule has 0 saturated carbocycles. The number of alkyl halides is 6. The zero-order valence-corrected chi connectivity index (χ0v) is 13.0. The van der Waals surface area contributed by atoms with E-state index in [1.165, 1.54) is 0 Å². The minimum atomic E-state index is -6.19. The van der Waals surface area contributed by atoms with Crippen LogP contribution in [0.4, 0.5) is 26.3 Å². The number of hydrogen-bond acceptors (Lipinski definition) is 4. The molecule has 0 unspecified atom stereocenters. The molecule has 0 spiro atoms. The van der Waals surface area contributed by atoms with Crippen LogP contribution in [0.1, 0.15) is 0 Å². The standard InChI is InChI=1S/C13H16F6N2O4/c14-11(15,9(22)20-1-5-24-6-2-20)13(18,19)12(16,17)10(23)21-3-7-25-8-4-21/h1-8H2. The van der Waals surface area contributed by atoms with Gasteiger partial charge in [-0.1, -0.05) is 0 Å². The fourth-order valence-electron chi connectivity index (χ4n) is 2.40. The molecule has 0 atom stereocenters. The molecule has 0 aromatic rings. The molecule has 0 bridgehead atoms. The van der Waals surface area contributed by atoms with Gasteiger partial charge in [0.25, 0.3) is 11.8 Å². The maximum Gasteiger partial charge on any atom is 0.393 e. The predicted molar refractivity (Wildman–Crippen MR) is 69.6 cm³/mol. The van der Waals surface area contributed by atoms with Crippen molar-refractivity contribution in [1.29, 1.82) is 0 Å². The lowest BCUT2D eigenvalue weighted by Gasteiger charge is -2.37. The number of amides is 2. The van der Waals surface area contributed by atoms with Gasteiger partial charge in [0, 0.05) is 26.2 Å². The molecule has 2 aliphatic rings. The molecule has 0 aliphatic carbocycles. The van der Waals surface area contributed by atoms with E-state index in [0.717, 1.165) is 0 Å². The van der Waals surface area contributed by atoms with Gasteiger partial charge in [-0.2, -0.15) is 26.3 Å². The molecule has 2 aliphatic heterocycles. The van der Waals surface area contributed by atoms with Crippen molar-refractivity contribution >= 4 is 11.8 Å². The normalized spacial score (nSPS) is 20.6. The Morgan fingerprint density at radius 1 is 0.640 bits per heavy atom. The molecular formula is C13H16F6N2O4. The second kappa shape index (κ2) is 6.98. The van der Waals surface area contributed by atoms with E-state index in [9.17, 15) is 35.9 Å². The van der Waals surface area contributed by atoms with E-state index in [2.05, 4.69) is 0 Å². The average molecular weight is 378 g/mol. The van der Waals surface area contributed by atoms with Crippen molar-refractivity contribution in [2.45, 2.75) is 17.8 Å².